The molecule has 0 heterocycles. The van der Waals surface area contributed by atoms with Gasteiger partial charge in [-0.05, 0) is 82.4 Å². The Bertz CT molecular complexity index is 576. The summed E-state index contributed by atoms with van der Waals surface area (Å²) in [5.41, 5.74) is 8.96. The van der Waals surface area contributed by atoms with Gasteiger partial charge >= 0.3 is 0 Å². The maximum absolute atomic E-state index is 12.5. The maximum atomic E-state index is 12.5. The number of hydrogen-bond donors (Lipinski definition) is 3. The molecule has 1 aromatic carbocycles. The third-order valence-corrected chi connectivity index (χ3v) is 4.77. The van der Waals surface area contributed by atoms with Crippen molar-refractivity contribution in [3.63, 3.8) is 0 Å². The second kappa shape index (κ2) is 10.3. The second-order valence-corrected chi connectivity index (χ2v) is 6.95. The van der Waals surface area contributed by atoms with Crippen LogP contribution in [0.5, 0.6) is 5.75 Å². The summed E-state index contributed by atoms with van der Waals surface area (Å²) < 4.78 is 0. The number of nitrogens with one attached hydrogen (secondary N) is 1. The minimum atomic E-state index is -0.624. The molecule has 140 valence electrons. The normalized spacial score (nSPS) is 13.5. The summed E-state index contributed by atoms with van der Waals surface area (Å²) >= 11 is 0. The van der Waals surface area contributed by atoms with Crippen molar-refractivity contribution in [2.45, 2.75) is 58.9 Å². The van der Waals surface area contributed by atoms with Crippen molar-refractivity contribution in [2.75, 3.05) is 13.6 Å². The monoisotopic (exact) mass is 348 g/mol. The molecule has 4 N–H and O–H groups in total. The first-order chi connectivity index (χ1) is 11.8. The number of ketones is 2. The quantitative estimate of drug-likeness (QED) is 0.534. The first-order valence-corrected chi connectivity index (χ1v) is 8.98. The molecule has 0 aliphatic carbocycles. The number of nitrogens with two attached hydrogens (primary N) is 1. The zero-order valence-corrected chi connectivity index (χ0v) is 15.9. The Balaban J connectivity index is 2.66. The molecule has 0 saturated heterocycles. The molecule has 0 aromatic heterocycles. The summed E-state index contributed by atoms with van der Waals surface area (Å²) in [5.74, 6) is -0.0306. The van der Waals surface area contributed by atoms with Crippen molar-refractivity contribution in [1.29, 1.82) is 0 Å². The van der Waals surface area contributed by atoms with Crippen molar-refractivity contribution < 1.29 is 14.7 Å². The van der Waals surface area contributed by atoms with Crippen molar-refractivity contribution in [2.24, 2.45) is 11.7 Å². The van der Waals surface area contributed by atoms with Gasteiger partial charge in [-0.1, -0.05) is 6.42 Å². The van der Waals surface area contributed by atoms with Crippen LogP contribution in [0.3, 0.4) is 0 Å². The Hall–Kier alpha value is -1.72. The molecule has 2 atom stereocenters. The Morgan fingerprint density at radius 2 is 1.80 bits per heavy atom. The first kappa shape index (κ1) is 21.3. The maximum Gasteiger partial charge on any atom is 0.150 e. The lowest BCUT2D eigenvalue weighted by Gasteiger charge is -2.18. The lowest BCUT2D eigenvalue weighted by atomic mass is 9.88. The molecule has 0 aliphatic rings. The number of carbonyl (C=O) groups is 2. The smallest absolute Gasteiger partial charge is 0.150 e. The second-order valence-electron chi connectivity index (χ2n) is 6.95. The molecular weight excluding hydrogens is 316 g/mol. The molecule has 25 heavy (non-hydrogen) atoms. The number of aryl methyl sites for hydroxylation is 2. The highest BCUT2D eigenvalue weighted by Crippen LogP contribution is 2.23. The van der Waals surface area contributed by atoms with Crippen LogP contribution >= 0.6 is 0 Å². The van der Waals surface area contributed by atoms with Gasteiger partial charge in [-0.3, -0.25) is 9.59 Å². The molecule has 1 rings (SSSR count). The highest BCUT2D eigenvalue weighted by molar-refractivity contribution is 5.89. The lowest BCUT2D eigenvalue weighted by Crippen LogP contribution is -2.35. The number of phenolic OH excluding ortho intramolecular Hbond substituents is 1. The summed E-state index contributed by atoms with van der Waals surface area (Å²) in [4.78, 5) is 24.3. The largest absolute Gasteiger partial charge is 0.508 e. The van der Waals surface area contributed by atoms with E-state index in [0.29, 0.717) is 6.42 Å². The lowest BCUT2D eigenvalue weighted by molar-refractivity contribution is -0.127. The Morgan fingerprint density at radius 3 is 2.32 bits per heavy atom. The first-order valence-electron chi connectivity index (χ1n) is 8.98. The molecule has 0 radical (unpaired) electrons. The van der Waals surface area contributed by atoms with Gasteiger partial charge in [0.1, 0.15) is 11.5 Å². The van der Waals surface area contributed by atoms with E-state index >= 15 is 0 Å². The summed E-state index contributed by atoms with van der Waals surface area (Å²) in [6, 6.07) is 2.74. The number of aromatic hydroxyl groups is 1. The minimum absolute atomic E-state index is 0.0574. The van der Waals surface area contributed by atoms with Gasteiger partial charge in [-0.25, -0.2) is 0 Å². The summed E-state index contributed by atoms with van der Waals surface area (Å²) in [6.45, 7) is 6.27. The summed E-state index contributed by atoms with van der Waals surface area (Å²) in [7, 11) is 1.90. The van der Waals surface area contributed by atoms with Gasteiger partial charge < -0.3 is 16.2 Å². The van der Waals surface area contributed by atoms with E-state index in [2.05, 4.69) is 5.32 Å². The molecule has 0 saturated carbocycles. The number of Topliss-reactive ketones (excluding diaryl/α,β-unsaturated/α-hetero) is 2. The number of benzene rings is 1. The van der Waals surface area contributed by atoms with Crippen LogP contribution in [0.25, 0.3) is 0 Å². The van der Waals surface area contributed by atoms with Crippen LogP contribution in [-0.2, 0) is 16.0 Å². The van der Waals surface area contributed by atoms with Crippen LogP contribution in [0, 0.1) is 19.8 Å². The number of hydrogen-bond acceptors (Lipinski definition) is 5. The van der Waals surface area contributed by atoms with Gasteiger partial charge in [0.2, 0.25) is 0 Å². The van der Waals surface area contributed by atoms with E-state index in [1.54, 1.807) is 19.1 Å². The van der Waals surface area contributed by atoms with E-state index in [9.17, 15) is 14.7 Å². The van der Waals surface area contributed by atoms with E-state index in [-0.39, 0.29) is 29.7 Å². The number of carbonyl (C=O) groups excluding carboxylic acids is 2. The molecule has 0 unspecified atom stereocenters. The average molecular weight is 348 g/mol. The van der Waals surface area contributed by atoms with Crippen molar-refractivity contribution in [1.82, 2.24) is 5.32 Å². The van der Waals surface area contributed by atoms with Crippen LogP contribution in [-0.4, -0.2) is 36.3 Å². The number of unbranched alkanes of at least 4 members (excludes halogenated alkanes) is 1. The Labute approximate surface area is 151 Å². The third kappa shape index (κ3) is 6.96. The summed E-state index contributed by atoms with van der Waals surface area (Å²) in [5, 5.41) is 12.7. The zero-order valence-electron chi connectivity index (χ0n) is 15.9. The van der Waals surface area contributed by atoms with Crippen molar-refractivity contribution in [3.8, 4) is 5.75 Å². The SMILES string of the molecule is CNCCCC[C@H](CC(=O)[C@@H](N)Cc1c(C)cc(O)cc1C)C(C)=O. The molecule has 0 amide bonds. The number of rotatable bonds is 11. The van der Waals surface area contributed by atoms with Crippen LogP contribution < -0.4 is 11.1 Å². The van der Waals surface area contributed by atoms with E-state index in [1.807, 2.05) is 20.9 Å². The van der Waals surface area contributed by atoms with Crippen LogP contribution in [0.15, 0.2) is 12.1 Å². The number of phenols is 1. The fraction of sp³-hybridized carbons (Fsp3) is 0.600. The Kier molecular flexibility index (Phi) is 8.79. The zero-order chi connectivity index (χ0) is 19.0. The van der Waals surface area contributed by atoms with Gasteiger partial charge in [0.05, 0.1) is 6.04 Å². The molecule has 0 spiro atoms. The molecule has 0 fully saturated rings. The molecule has 5 nitrogen and oxygen atoms in total. The molecule has 1 aromatic rings. The van der Waals surface area contributed by atoms with Gasteiger partial charge in [-0.15, -0.1) is 0 Å². The van der Waals surface area contributed by atoms with Gasteiger partial charge in [0.25, 0.3) is 0 Å². The Morgan fingerprint density at radius 1 is 1.20 bits per heavy atom. The third-order valence-electron chi connectivity index (χ3n) is 4.77. The van der Waals surface area contributed by atoms with E-state index < -0.39 is 6.04 Å². The van der Waals surface area contributed by atoms with Crippen molar-refractivity contribution in [3.05, 3.63) is 28.8 Å². The van der Waals surface area contributed by atoms with Gasteiger partial charge in [0.15, 0.2) is 5.78 Å². The highest BCUT2D eigenvalue weighted by atomic mass is 16.3. The topological polar surface area (TPSA) is 92.4 Å². The van der Waals surface area contributed by atoms with E-state index in [4.69, 9.17) is 5.73 Å². The molecular formula is C20H32N2O3. The predicted octanol–water partition coefficient (Wildman–Crippen LogP) is 2.43. The van der Waals surface area contributed by atoms with Gasteiger partial charge in [-0.2, -0.15) is 0 Å². The highest BCUT2D eigenvalue weighted by Gasteiger charge is 2.23. The standard InChI is InChI=1S/C20H32N2O3/c1-13-9-17(24)10-14(2)18(13)12-19(21)20(25)11-16(15(3)23)7-5-6-8-22-4/h9-10,16,19,22,24H,5-8,11-12,21H2,1-4H3/t16-,19+/m1/s1. The van der Waals surface area contributed by atoms with Crippen LogP contribution in [0.4, 0.5) is 0 Å². The molecule has 0 aliphatic heterocycles. The molecule has 0 bridgehead atoms. The summed E-state index contributed by atoms with van der Waals surface area (Å²) in [6.07, 6.45) is 3.29. The predicted molar refractivity (Wildman–Crippen MR) is 101 cm³/mol. The fourth-order valence-corrected chi connectivity index (χ4v) is 3.16. The van der Waals surface area contributed by atoms with E-state index in [1.165, 1.54) is 0 Å². The molecule has 5 heteroatoms. The van der Waals surface area contributed by atoms with E-state index in [0.717, 1.165) is 42.5 Å². The van der Waals surface area contributed by atoms with Crippen LogP contribution in [0.1, 0.15) is 49.3 Å². The fourth-order valence-electron chi connectivity index (χ4n) is 3.16. The van der Waals surface area contributed by atoms with Gasteiger partial charge in [0, 0.05) is 12.3 Å². The minimum Gasteiger partial charge on any atom is -0.508 e. The van der Waals surface area contributed by atoms with Crippen LogP contribution in [0.2, 0.25) is 0 Å². The van der Waals surface area contributed by atoms with Crippen molar-refractivity contribution >= 4 is 11.6 Å². The average Bonchev–Trinajstić information content (AvgIpc) is 2.53.